The molecule has 0 bridgehead atoms. The molecule has 1 amide bonds. The summed E-state index contributed by atoms with van der Waals surface area (Å²) in [6.45, 7) is 5.96. The molecule has 9 heteroatoms. The maximum absolute atomic E-state index is 13.8. The Morgan fingerprint density at radius 3 is 2.60 bits per heavy atom. The van der Waals surface area contributed by atoms with Crippen molar-refractivity contribution in [3.05, 3.63) is 74.4 Å². The lowest BCUT2D eigenvalue weighted by molar-refractivity contribution is -0.113. The minimum atomic E-state index is -0.233. The summed E-state index contributed by atoms with van der Waals surface area (Å²) in [5, 5.41) is 12.9. The zero-order chi connectivity index (χ0) is 25.1. The summed E-state index contributed by atoms with van der Waals surface area (Å²) in [6.07, 6.45) is 0.740. The van der Waals surface area contributed by atoms with E-state index in [1.165, 1.54) is 23.1 Å². The molecule has 0 aliphatic carbocycles. The second-order valence-corrected chi connectivity index (χ2v) is 10.0. The van der Waals surface area contributed by atoms with Crippen molar-refractivity contribution in [3.8, 4) is 17.5 Å². The Kier molecular flexibility index (Phi) is 7.24. The molecule has 0 saturated carbocycles. The zero-order valence-corrected chi connectivity index (χ0v) is 21.5. The standard InChI is InChI=1S/C26H24N4O3S2/c1-5-20-16(3)35-24-23(20)25(32)30(21-11-10-19(33-4)12-15(21)2)26(29-24)34-14-22(31)28-18-8-6-17(13-27)7-9-18/h6-12H,5,14H2,1-4H3,(H,28,31). The van der Waals surface area contributed by atoms with Crippen molar-refractivity contribution in [3.63, 3.8) is 0 Å². The molecule has 0 radical (unpaired) electrons. The van der Waals surface area contributed by atoms with E-state index in [1.54, 1.807) is 35.9 Å². The molecule has 35 heavy (non-hydrogen) atoms. The predicted octanol–water partition coefficient (Wildman–Crippen LogP) is 5.24. The normalized spacial score (nSPS) is 10.8. The van der Waals surface area contributed by atoms with Gasteiger partial charge in [0.15, 0.2) is 5.16 Å². The van der Waals surface area contributed by atoms with Crippen molar-refractivity contribution in [2.75, 3.05) is 18.2 Å². The molecule has 0 fully saturated rings. The number of ether oxygens (including phenoxy) is 1. The summed E-state index contributed by atoms with van der Waals surface area (Å²) in [7, 11) is 1.60. The van der Waals surface area contributed by atoms with E-state index >= 15 is 0 Å². The average Bonchev–Trinajstić information content (AvgIpc) is 3.18. The van der Waals surface area contributed by atoms with Crippen LogP contribution in [0.25, 0.3) is 15.9 Å². The highest BCUT2D eigenvalue weighted by molar-refractivity contribution is 7.99. The van der Waals surface area contributed by atoms with Crippen molar-refractivity contribution in [1.82, 2.24) is 9.55 Å². The second kappa shape index (κ2) is 10.3. The summed E-state index contributed by atoms with van der Waals surface area (Å²) < 4.78 is 6.93. The van der Waals surface area contributed by atoms with Crippen LogP contribution in [0.3, 0.4) is 0 Å². The van der Waals surface area contributed by atoms with Crippen molar-refractivity contribution >= 4 is 44.9 Å². The minimum absolute atomic E-state index is 0.0676. The number of anilines is 1. The largest absolute Gasteiger partial charge is 0.497 e. The van der Waals surface area contributed by atoms with Gasteiger partial charge in [-0.15, -0.1) is 11.3 Å². The summed E-state index contributed by atoms with van der Waals surface area (Å²) in [4.78, 5) is 33.1. The molecule has 0 spiro atoms. The van der Waals surface area contributed by atoms with E-state index in [0.29, 0.717) is 38.1 Å². The first kappa shape index (κ1) is 24.5. The van der Waals surface area contributed by atoms with E-state index in [0.717, 1.165) is 22.4 Å². The molecular weight excluding hydrogens is 480 g/mol. The zero-order valence-electron chi connectivity index (χ0n) is 19.8. The SMILES string of the molecule is CCc1c(C)sc2nc(SCC(=O)Nc3ccc(C#N)cc3)n(-c3ccc(OC)cc3C)c(=O)c12. The van der Waals surface area contributed by atoms with E-state index < -0.39 is 0 Å². The van der Waals surface area contributed by atoms with Crippen LogP contribution in [-0.4, -0.2) is 28.3 Å². The Hall–Kier alpha value is -3.61. The van der Waals surface area contributed by atoms with E-state index in [9.17, 15) is 9.59 Å². The van der Waals surface area contributed by atoms with Crippen LogP contribution < -0.4 is 15.6 Å². The van der Waals surface area contributed by atoms with Crippen molar-refractivity contribution in [2.24, 2.45) is 0 Å². The number of benzene rings is 2. The number of nitriles is 1. The number of methoxy groups -OCH3 is 1. The number of nitrogens with one attached hydrogen (secondary N) is 1. The average molecular weight is 505 g/mol. The number of aromatic nitrogens is 2. The van der Waals surface area contributed by atoms with Gasteiger partial charge in [0, 0.05) is 10.6 Å². The predicted molar refractivity (Wildman–Crippen MR) is 141 cm³/mol. The number of thioether (sulfide) groups is 1. The monoisotopic (exact) mass is 504 g/mol. The van der Waals surface area contributed by atoms with Gasteiger partial charge >= 0.3 is 0 Å². The summed E-state index contributed by atoms with van der Waals surface area (Å²) in [6, 6.07) is 14.2. The number of rotatable bonds is 7. The molecule has 0 aliphatic rings. The third kappa shape index (κ3) is 4.94. The van der Waals surface area contributed by atoms with E-state index in [2.05, 4.69) is 11.4 Å². The van der Waals surface area contributed by atoms with Gasteiger partial charge in [-0.2, -0.15) is 5.26 Å². The van der Waals surface area contributed by atoms with Gasteiger partial charge in [0.2, 0.25) is 5.91 Å². The smallest absolute Gasteiger partial charge is 0.267 e. The Morgan fingerprint density at radius 1 is 1.23 bits per heavy atom. The number of carbonyl (C=O) groups excluding carboxylic acids is 1. The fourth-order valence-electron chi connectivity index (χ4n) is 3.89. The molecule has 1 N–H and O–H groups in total. The van der Waals surface area contributed by atoms with Gasteiger partial charge in [-0.3, -0.25) is 14.2 Å². The van der Waals surface area contributed by atoms with Gasteiger partial charge in [0.25, 0.3) is 5.56 Å². The van der Waals surface area contributed by atoms with Crippen LogP contribution >= 0.6 is 23.1 Å². The third-order valence-corrected chi connectivity index (χ3v) is 7.60. The fraction of sp³-hybridized carbons (Fsp3) is 0.231. The maximum Gasteiger partial charge on any atom is 0.267 e. The molecule has 0 unspecified atom stereocenters. The lowest BCUT2D eigenvalue weighted by Crippen LogP contribution is -2.23. The van der Waals surface area contributed by atoms with Crippen LogP contribution in [0.1, 0.15) is 28.5 Å². The molecular formula is C26H24N4O3S2. The van der Waals surface area contributed by atoms with Crippen LogP contribution in [0.15, 0.2) is 52.4 Å². The topological polar surface area (TPSA) is 97.0 Å². The van der Waals surface area contributed by atoms with Crippen LogP contribution in [0.5, 0.6) is 5.75 Å². The van der Waals surface area contributed by atoms with Crippen LogP contribution in [0.2, 0.25) is 0 Å². The van der Waals surface area contributed by atoms with Crippen LogP contribution in [0, 0.1) is 25.2 Å². The molecule has 4 rings (SSSR count). The van der Waals surface area contributed by atoms with Gasteiger partial charge in [0.1, 0.15) is 10.6 Å². The lowest BCUT2D eigenvalue weighted by atomic mass is 10.1. The first-order valence-corrected chi connectivity index (χ1v) is 12.8. The van der Waals surface area contributed by atoms with Gasteiger partial charge in [-0.1, -0.05) is 18.7 Å². The third-order valence-electron chi connectivity index (χ3n) is 5.62. The molecule has 7 nitrogen and oxygen atoms in total. The molecule has 0 aliphatic heterocycles. The van der Waals surface area contributed by atoms with Gasteiger partial charge in [0.05, 0.1) is 35.6 Å². The fourth-order valence-corrected chi connectivity index (χ4v) is 5.85. The number of aryl methyl sites for hydroxylation is 3. The molecule has 0 saturated heterocycles. The highest BCUT2D eigenvalue weighted by atomic mass is 32.2. The quantitative estimate of drug-likeness (QED) is 0.273. The van der Waals surface area contributed by atoms with E-state index in [4.69, 9.17) is 15.0 Å². The molecule has 2 aromatic carbocycles. The molecule has 2 aromatic heterocycles. The molecule has 178 valence electrons. The molecule has 2 heterocycles. The Morgan fingerprint density at radius 2 is 1.97 bits per heavy atom. The number of hydrogen-bond donors (Lipinski definition) is 1. The summed E-state index contributed by atoms with van der Waals surface area (Å²) >= 11 is 2.71. The minimum Gasteiger partial charge on any atom is -0.497 e. The first-order valence-electron chi connectivity index (χ1n) is 11.0. The van der Waals surface area contributed by atoms with Crippen molar-refractivity contribution in [1.29, 1.82) is 5.26 Å². The molecule has 0 atom stereocenters. The highest BCUT2D eigenvalue weighted by Gasteiger charge is 2.21. The van der Waals surface area contributed by atoms with Gasteiger partial charge in [-0.25, -0.2) is 4.98 Å². The van der Waals surface area contributed by atoms with Crippen molar-refractivity contribution in [2.45, 2.75) is 32.3 Å². The molecule has 4 aromatic rings. The number of nitrogens with zero attached hydrogens (tertiary/aromatic N) is 3. The number of hydrogen-bond acceptors (Lipinski definition) is 7. The number of carbonyl (C=O) groups is 1. The maximum atomic E-state index is 13.8. The Labute approximate surface area is 211 Å². The number of thiophene rings is 1. The first-order chi connectivity index (χ1) is 16.9. The van der Waals surface area contributed by atoms with Gasteiger partial charge < -0.3 is 10.1 Å². The second-order valence-electron chi connectivity index (χ2n) is 7.88. The highest BCUT2D eigenvalue weighted by Crippen LogP contribution is 2.31. The van der Waals surface area contributed by atoms with E-state index in [-0.39, 0.29) is 17.2 Å². The Bertz CT molecular complexity index is 1520. The lowest BCUT2D eigenvalue weighted by Gasteiger charge is -2.15. The van der Waals surface area contributed by atoms with Crippen LogP contribution in [-0.2, 0) is 11.2 Å². The summed E-state index contributed by atoms with van der Waals surface area (Å²) in [5.74, 6) is 0.534. The summed E-state index contributed by atoms with van der Waals surface area (Å²) in [5.41, 5.74) is 3.55. The number of fused-ring (bicyclic) bond motifs is 1. The number of amides is 1. The van der Waals surface area contributed by atoms with Crippen molar-refractivity contribution < 1.29 is 9.53 Å². The Balaban J connectivity index is 1.73. The van der Waals surface area contributed by atoms with Gasteiger partial charge in [-0.05, 0) is 73.9 Å². The van der Waals surface area contributed by atoms with Crippen LogP contribution in [0.4, 0.5) is 5.69 Å². The van der Waals surface area contributed by atoms with E-state index in [1.807, 2.05) is 39.0 Å².